The molecule has 0 amide bonds. The van der Waals surface area contributed by atoms with Crippen molar-refractivity contribution >= 4 is 11.3 Å². The number of hydrogen-bond donors (Lipinski definition) is 1. The average molecular weight is 278 g/mol. The van der Waals surface area contributed by atoms with Gasteiger partial charge in [0.05, 0.1) is 5.51 Å². The smallest absolute Gasteiger partial charge is 0.123 e. The summed E-state index contributed by atoms with van der Waals surface area (Å²) in [6, 6.07) is 6.92. The molecule has 0 bridgehead atoms. The lowest BCUT2D eigenvalue weighted by Crippen LogP contribution is -2.23. The summed E-state index contributed by atoms with van der Waals surface area (Å²) in [6.45, 7) is 4.01. The molecule has 1 heterocycles. The molecule has 4 heteroatoms. The Labute approximate surface area is 117 Å². The molecule has 1 atom stereocenters. The predicted octanol–water partition coefficient (Wildman–Crippen LogP) is 3.61. The van der Waals surface area contributed by atoms with E-state index in [1.807, 2.05) is 17.8 Å². The maximum absolute atomic E-state index is 13.4. The van der Waals surface area contributed by atoms with Crippen molar-refractivity contribution in [2.45, 2.75) is 25.7 Å². The first-order valence-electron chi connectivity index (χ1n) is 6.63. The van der Waals surface area contributed by atoms with Crippen LogP contribution in [-0.4, -0.2) is 18.1 Å². The maximum atomic E-state index is 13.4. The Balaban J connectivity index is 2.08. The summed E-state index contributed by atoms with van der Waals surface area (Å²) in [5, 5.41) is 3.43. The summed E-state index contributed by atoms with van der Waals surface area (Å²) in [5.41, 5.74) is 2.90. The summed E-state index contributed by atoms with van der Waals surface area (Å²) in [4.78, 5) is 5.35. The van der Waals surface area contributed by atoms with Crippen LogP contribution in [-0.2, 0) is 6.42 Å². The van der Waals surface area contributed by atoms with E-state index in [2.05, 4.69) is 17.2 Å². The summed E-state index contributed by atoms with van der Waals surface area (Å²) in [5.74, 6) is 0.130. The summed E-state index contributed by atoms with van der Waals surface area (Å²) >= 11 is 1.66. The molecule has 0 saturated heterocycles. The second-order valence-corrected chi connectivity index (χ2v) is 5.60. The van der Waals surface area contributed by atoms with Crippen LogP contribution in [0.2, 0.25) is 0 Å². The minimum Gasteiger partial charge on any atom is -0.316 e. The number of nitrogens with one attached hydrogen (secondary N) is 1. The molecule has 2 rings (SSSR count). The SMILES string of the molecule is CCCNCC(Cc1cncs1)c1cccc(F)c1. The van der Waals surface area contributed by atoms with Crippen molar-refractivity contribution in [3.8, 4) is 0 Å². The van der Waals surface area contributed by atoms with E-state index in [0.717, 1.165) is 31.5 Å². The van der Waals surface area contributed by atoms with E-state index in [4.69, 9.17) is 0 Å². The van der Waals surface area contributed by atoms with Crippen LogP contribution in [0.4, 0.5) is 4.39 Å². The second kappa shape index (κ2) is 7.36. The van der Waals surface area contributed by atoms with E-state index in [1.54, 1.807) is 23.5 Å². The molecule has 2 aromatic rings. The molecular weight excluding hydrogens is 259 g/mol. The summed E-state index contributed by atoms with van der Waals surface area (Å²) in [7, 11) is 0. The number of benzene rings is 1. The van der Waals surface area contributed by atoms with Crippen LogP contribution >= 0.6 is 11.3 Å². The van der Waals surface area contributed by atoms with Gasteiger partial charge in [-0.3, -0.25) is 4.98 Å². The number of nitrogens with zero attached hydrogens (tertiary/aromatic N) is 1. The van der Waals surface area contributed by atoms with E-state index in [-0.39, 0.29) is 5.82 Å². The Bertz CT molecular complexity index is 485. The van der Waals surface area contributed by atoms with E-state index in [9.17, 15) is 4.39 Å². The Morgan fingerprint density at radius 2 is 2.32 bits per heavy atom. The van der Waals surface area contributed by atoms with Crippen LogP contribution < -0.4 is 5.32 Å². The Hall–Kier alpha value is -1.26. The molecule has 0 aliphatic heterocycles. The van der Waals surface area contributed by atoms with Crippen molar-refractivity contribution in [1.82, 2.24) is 10.3 Å². The number of hydrogen-bond acceptors (Lipinski definition) is 3. The topological polar surface area (TPSA) is 24.9 Å². The van der Waals surface area contributed by atoms with Gasteiger partial charge in [0, 0.05) is 23.5 Å². The molecule has 0 fully saturated rings. The third-order valence-corrected chi connectivity index (χ3v) is 3.87. The van der Waals surface area contributed by atoms with Crippen molar-refractivity contribution in [3.63, 3.8) is 0 Å². The molecule has 19 heavy (non-hydrogen) atoms. The molecule has 1 unspecified atom stereocenters. The van der Waals surface area contributed by atoms with Crippen molar-refractivity contribution in [1.29, 1.82) is 0 Å². The minimum absolute atomic E-state index is 0.165. The maximum Gasteiger partial charge on any atom is 0.123 e. The Morgan fingerprint density at radius 3 is 3.00 bits per heavy atom. The zero-order chi connectivity index (χ0) is 13.5. The number of rotatable bonds is 7. The monoisotopic (exact) mass is 278 g/mol. The van der Waals surface area contributed by atoms with Gasteiger partial charge in [-0.25, -0.2) is 4.39 Å². The molecule has 1 aromatic carbocycles. The van der Waals surface area contributed by atoms with Gasteiger partial charge in [-0.2, -0.15) is 0 Å². The van der Waals surface area contributed by atoms with Crippen LogP contribution in [0.25, 0.3) is 0 Å². The molecule has 0 radical (unpaired) electrons. The normalized spacial score (nSPS) is 12.5. The quantitative estimate of drug-likeness (QED) is 0.783. The lowest BCUT2D eigenvalue weighted by atomic mass is 9.95. The average Bonchev–Trinajstić information content (AvgIpc) is 2.91. The van der Waals surface area contributed by atoms with E-state index in [1.165, 1.54) is 10.9 Å². The Morgan fingerprint density at radius 1 is 1.42 bits per heavy atom. The fourth-order valence-corrected chi connectivity index (χ4v) is 2.78. The first kappa shape index (κ1) is 14.2. The molecule has 0 aliphatic carbocycles. The van der Waals surface area contributed by atoms with Crippen LogP contribution in [0, 0.1) is 5.82 Å². The molecule has 0 saturated carbocycles. The van der Waals surface area contributed by atoms with Crippen LogP contribution in [0.15, 0.2) is 36.0 Å². The molecule has 102 valence electrons. The van der Waals surface area contributed by atoms with Gasteiger partial charge >= 0.3 is 0 Å². The van der Waals surface area contributed by atoms with Gasteiger partial charge in [0.1, 0.15) is 5.82 Å². The van der Waals surface area contributed by atoms with Gasteiger partial charge in [0.15, 0.2) is 0 Å². The molecular formula is C15H19FN2S. The van der Waals surface area contributed by atoms with Crippen molar-refractivity contribution < 1.29 is 4.39 Å². The third-order valence-electron chi connectivity index (χ3n) is 3.07. The van der Waals surface area contributed by atoms with Gasteiger partial charge < -0.3 is 5.32 Å². The summed E-state index contributed by atoms with van der Waals surface area (Å²) in [6.07, 6.45) is 3.91. The van der Waals surface area contributed by atoms with E-state index < -0.39 is 0 Å². The minimum atomic E-state index is -0.165. The third kappa shape index (κ3) is 4.40. The second-order valence-electron chi connectivity index (χ2n) is 4.63. The zero-order valence-corrected chi connectivity index (χ0v) is 11.9. The van der Waals surface area contributed by atoms with Crippen LogP contribution in [0.3, 0.4) is 0 Å². The van der Waals surface area contributed by atoms with Gasteiger partial charge in [0.2, 0.25) is 0 Å². The van der Waals surface area contributed by atoms with Crippen molar-refractivity contribution in [2.24, 2.45) is 0 Å². The first-order valence-corrected chi connectivity index (χ1v) is 7.51. The molecule has 1 aromatic heterocycles. The fourth-order valence-electron chi connectivity index (χ4n) is 2.11. The standard InChI is InChI=1S/C15H19FN2S/c1-2-6-17-9-13(8-15-10-18-11-19-15)12-4-3-5-14(16)7-12/h3-5,7,10-11,13,17H,2,6,8-9H2,1H3. The highest BCUT2D eigenvalue weighted by atomic mass is 32.1. The molecule has 2 nitrogen and oxygen atoms in total. The first-order chi connectivity index (χ1) is 9.29. The van der Waals surface area contributed by atoms with E-state index in [0.29, 0.717) is 5.92 Å². The number of thiazole rings is 1. The van der Waals surface area contributed by atoms with Crippen LogP contribution in [0.5, 0.6) is 0 Å². The number of aromatic nitrogens is 1. The van der Waals surface area contributed by atoms with Gasteiger partial charge in [-0.05, 0) is 37.1 Å². The Kier molecular flexibility index (Phi) is 5.48. The number of halogens is 1. The highest BCUT2D eigenvalue weighted by Gasteiger charge is 2.13. The lowest BCUT2D eigenvalue weighted by Gasteiger charge is -2.17. The highest BCUT2D eigenvalue weighted by molar-refractivity contribution is 7.09. The van der Waals surface area contributed by atoms with Crippen LogP contribution in [0.1, 0.15) is 29.7 Å². The molecule has 1 N–H and O–H groups in total. The predicted molar refractivity (Wildman–Crippen MR) is 78.1 cm³/mol. The van der Waals surface area contributed by atoms with Gasteiger partial charge in [-0.1, -0.05) is 19.1 Å². The molecule has 0 aliphatic rings. The highest BCUT2D eigenvalue weighted by Crippen LogP contribution is 2.22. The summed E-state index contributed by atoms with van der Waals surface area (Å²) < 4.78 is 13.4. The van der Waals surface area contributed by atoms with Crippen molar-refractivity contribution in [3.05, 3.63) is 52.2 Å². The fraction of sp³-hybridized carbons (Fsp3) is 0.400. The lowest BCUT2D eigenvalue weighted by molar-refractivity contribution is 0.571. The van der Waals surface area contributed by atoms with Gasteiger partial charge in [-0.15, -0.1) is 11.3 Å². The molecule has 0 spiro atoms. The van der Waals surface area contributed by atoms with Crippen molar-refractivity contribution in [2.75, 3.05) is 13.1 Å². The largest absolute Gasteiger partial charge is 0.316 e. The van der Waals surface area contributed by atoms with E-state index >= 15 is 0 Å². The zero-order valence-electron chi connectivity index (χ0n) is 11.1. The van der Waals surface area contributed by atoms with Gasteiger partial charge in [0.25, 0.3) is 0 Å².